The summed E-state index contributed by atoms with van der Waals surface area (Å²) in [4.78, 5) is 152. The molecule has 6 aromatic rings. The van der Waals surface area contributed by atoms with Gasteiger partial charge >= 0.3 is 17.9 Å². The van der Waals surface area contributed by atoms with Gasteiger partial charge in [-0.3, -0.25) is 28.8 Å². The van der Waals surface area contributed by atoms with E-state index >= 15 is 17.6 Å². The number of nitrogens with zero attached hydrogens (tertiary/aromatic N) is 9. The summed E-state index contributed by atoms with van der Waals surface area (Å²) in [6, 6.07) is 12.6. The largest absolute Gasteiger partial charge is 0.540 e. The SMILES string of the molecule is COc1ccc2nc3c(nc2c1)O[C@H]1CN(C(=O)[C@H](C2(C)CCCC2)CC(=O)O[C@@H]2CC4CC4[C@H]2CCCCC3)[C@H]([C-]=O)[C@@H]1C.COc1ccc2nc3c(nc2c1)O[C@H]1CN(C(=O)[C@H](C2(C)CCCC2)CC(=O)O[C@@H]2CCC[C@H]2CCCCC3(F)F)[C@H]([C-]=O)[C@@H]1C.COc1ccc2nc3c(nc2c1)O[C@H]1CN(C(=O)[C@H](C2(C)CCCC2)CC(=O)O[C@@H]2C[C@H]2CCCCC3(F)F)[C@H]([C-]=O)[C@@H]1C.[V].[V].[V]. The molecule has 2 unspecified atom stereocenters. The first-order valence-corrected chi connectivity index (χ1v) is 49.8. The number of carbonyl (C=O) groups is 6. The third-order valence-electron chi connectivity index (χ3n) is 33.4. The van der Waals surface area contributed by atoms with Crippen LogP contribution in [0.15, 0.2) is 54.6 Å². The summed E-state index contributed by atoms with van der Waals surface area (Å²) in [6.07, 6.45) is 26.4. The van der Waals surface area contributed by atoms with Crippen molar-refractivity contribution in [3.63, 3.8) is 0 Å². The van der Waals surface area contributed by atoms with Crippen molar-refractivity contribution in [3.05, 3.63) is 71.7 Å². The maximum atomic E-state index is 16.0. The Balaban J connectivity index is 0.000000163. The zero-order valence-corrected chi connectivity index (χ0v) is 84.8. The third kappa shape index (κ3) is 22.6. The molecule has 6 aliphatic heterocycles. The quantitative estimate of drug-likeness (QED) is 0.0562. The second-order valence-corrected chi connectivity index (χ2v) is 42.2. The van der Waals surface area contributed by atoms with Crippen LogP contribution in [-0.2, 0) is 131 Å². The average Bonchev–Trinajstić information content (AvgIpc) is 1.59. The smallest absolute Gasteiger partial charge is 0.306 e. The van der Waals surface area contributed by atoms with Gasteiger partial charge in [-0.2, -0.15) is 17.6 Å². The van der Waals surface area contributed by atoms with Gasteiger partial charge in [0.2, 0.25) is 35.4 Å². The minimum Gasteiger partial charge on any atom is -0.540 e. The van der Waals surface area contributed by atoms with Crippen LogP contribution in [0.4, 0.5) is 17.6 Å². The Morgan fingerprint density at radius 3 is 1.12 bits per heavy atom. The van der Waals surface area contributed by atoms with Gasteiger partial charge in [0.15, 0.2) is 11.4 Å². The molecule has 10 fully saturated rings. The molecule has 9 heterocycles. The molecule has 0 spiro atoms. The number of hydrogen-bond acceptors (Lipinski definition) is 24. The van der Waals surface area contributed by atoms with E-state index in [1.807, 2.05) is 51.5 Å². The number of fused-ring (bicyclic) bond motifs is 17. The van der Waals surface area contributed by atoms with Crippen molar-refractivity contribution in [1.29, 1.82) is 0 Å². The standard InChI is InChI=1S/C36H46N3O6.C35H44F2N3O6.C33H40F2N3O6.3V/c1-21-30(20-40)39-19-32(21)45-34-28(37-27-12-11-23(43-3)17-29(27)38-34)10-6-4-5-9-24-25-15-22(25)16-31(24)44-33(41)18-26(35(39)42)36(2)13-7-8-14-36;1-21-27(20-41)40-19-29(21)46-32-31(38-25-13-12-23(44-3)17-26(25)39-32)35(36,37)16-5-4-9-22-10-8-11-28(22)45-30(42)18-24(33(40)43)34(2)14-6-7-15-34;1-19-25(18-39)38-17-27(19)44-30-29(36-23-10-9-21(42-3)15-24(23)37-30)33(34,35)13-5-4-8-20-14-26(20)43-28(40)16-22(31(38)41)32(2)11-6-7-12-32;;;/h11-12,17,21-22,24-26,30-32H,4-10,13-16,18-19H2,1-3H3;12-13,17,21-22,24,27-29H,4-11,14-16,18-19H2,1-3H3;9-10,15,19-20,22,25-27H,4-8,11-14,16-17H2,1-3H3;;;/q3*-1;;;/t21-,22?,24+,25?,26+,30+,31+,32-;21-,22+,24+,27+,28+,29-;19-,20+,22+,25+,26+,27-;;;/m000.../s1. The van der Waals surface area contributed by atoms with Crippen LogP contribution in [0.1, 0.15) is 271 Å². The third-order valence-corrected chi connectivity index (χ3v) is 33.4. The van der Waals surface area contributed by atoms with Crippen molar-refractivity contribution >= 4 is 87.6 Å². The van der Waals surface area contributed by atoms with E-state index in [1.54, 1.807) is 62.3 Å². The first-order chi connectivity index (χ1) is 64.8. The van der Waals surface area contributed by atoms with Crippen molar-refractivity contribution in [2.24, 2.45) is 81.3 Å². The molecule has 27 nitrogen and oxygen atoms in total. The van der Waals surface area contributed by atoms with E-state index in [-0.39, 0.29) is 195 Å². The molecule has 3 saturated heterocycles. The summed E-state index contributed by atoms with van der Waals surface area (Å²) in [7, 11) is 4.62. The molecule has 7 aliphatic carbocycles. The molecule has 3 aromatic carbocycles. The second-order valence-electron chi connectivity index (χ2n) is 42.2. The zero-order valence-electron chi connectivity index (χ0n) is 80.6. The second kappa shape index (κ2) is 44.3. The molecule has 34 heteroatoms. The number of amides is 3. The van der Waals surface area contributed by atoms with E-state index in [2.05, 4.69) is 33.1 Å². The van der Waals surface area contributed by atoms with Gasteiger partial charge in [-0.05, 0) is 222 Å². The van der Waals surface area contributed by atoms with Crippen LogP contribution in [0, 0.1) is 81.3 Å². The Morgan fingerprint density at radius 1 is 0.355 bits per heavy atom. The van der Waals surface area contributed by atoms with Gasteiger partial charge in [0.25, 0.3) is 11.8 Å². The van der Waals surface area contributed by atoms with Crippen LogP contribution >= 0.6 is 0 Å². The molecule has 13 aliphatic rings. The number of rotatable bonds is 9. The molecule has 0 N–H and O–H groups in total. The molecule has 138 heavy (non-hydrogen) atoms. The fourth-order valence-corrected chi connectivity index (χ4v) is 24.7. The maximum absolute atomic E-state index is 16.0. The summed E-state index contributed by atoms with van der Waals surface area (Å²) in [5, 5.41) is 0. The van der Waals surface area contributed by atoms with Crippen LogP contribution < -0.4 is 28.4 Å². The van der Waals surface area contributed by atoms with Gasteiger partial charge in [0.1, 0.15) is 59.6 Å². The molecular weight excluding hydrogens is 1890 g/mol. The summed E-state index contributed by atoms with van der Waals surface area (Å²) in [5.41, 5.74) is 1.16. The van der Waals surface area contributed by atoms with Crippen LogP contribution in [0.2, 0.25) is 0 Å². The number of esters is 3. The normalized spacial score (nSPS) is 32.2. The van der Waals surface area contributed by atoms with Gasteiger partial charge in [0.05, 0.1) is 111 Å². The number of aryl methyl sites for hydroxylation is 1. The predicted molar refractivity (Wildman–Crippen MR) is 488 cm³/mol. The van der Waals surface area contributed by atoms with E-state index in [0.717, 1.165) is 140 Å². The van der Waals surface area contributed by atoms with Crippen molar-refractivity contribution in [1.82, 2.24) is 44.6 Å². The van der Waals surface area contributed by atoms with E-state index in [1.165, 1.54) is 30.4 Å². The molecule has 745 valence electrons. The molecule has 3 amide bonds. The van der Waals surface area contributed by atoms with Crippen LogP contribution in [-0.4, -0.2) is 195 Å². The minimum atomic E-state index is -3.35. The first-order valence-electron chi connectivity index (χ1n) is 49.8. The van der Waals surface area contributed by atoms with Crippen molar-refractivity contribution in [2.45, 2.75) is 326 Å². The van der Waals surface area contributed by atoms with Gasteiger partial charge in [-0.15, -0.1) is 0 Å². The average molecular weight is 2020 g/mol. The number of benzene rings is 3. The monoisotopic (exact) mass is 2020 g/mol. The fourth-order valence-electron chi connectivity index (χ4n) is 24.7. The molecule has 3 radical (unpaired) electrons. The molecule has 3 aromatic heterocycles. The first kappa shape index (κ1) is 106. The number of ether oxygens (including phenoxy) is 9. The topological polar surface area (TPSA) is 324 Å². The van der Waals surface area contributed by atoms with Crippen LogP contribution in [0.25, 0.3) is 33.1 Å². The van der Waals surface area contributed by atoms with E-state index < -0.39 is 125 Å². The van der Waals surface area contributed by atoms with Crippen molar-refractivity contribution < 1.29 is 159 Å². The van der Waals surface area contributed by atoms with Gasteiger partial charge < -0.3 is 71.7 Å². The molecule has 6 bridgehead atoms. The van der Waals surface area contributed by atoms with Crippen LogP contribution in [0.3, 0.4) is 0 Å². The number of hydrogen-bond donors (Lipinski definition) is 0. The van der Waals surface area contributed by atoms with E-state index in [4.69, 9.17) is 52.6 Å². The van der Waals surface area contributed by atoms with E-state index in [9.17, 15) is 43.2 Å². The predicted octanol–water partition coefficient (Wildman–Crippen LogP) is 17.4. The summed E-state index contributed by atoms with van der Waals surface area (Å²) >= 11 is 0. The van der Waals surface area contributed by atoms with Gasteiger partial charge in [0, 0.05) is 86.7 Å². The van der Waals surface area contributed by atoms with Crippen molar-refractivity contribution in [3.8, 4) is 34.9 Å². The number of methoxy groups -OCH3 is 3. The zero-order chi connectivity index (χ0) is 95.2. The molecular formula is C104H130F4N9O18V3-3. The molecule has 7 saturated carbocycles. The maximum Gasteiger partial charge on any atom is 0.306 e. The number of carbonyl (C=O) groups excluding carboxylic acids is 9. The van der Waals surface area contributed by atoms with Gasteiger partial charge in [-0.25, -0.2) is 48.8 Å². The number of aromatic nitrogens is 6. The Labute approximate surface area is 840 Å². The summed E-state index contributed by atoms with van der Waals surface area (Å²) < 4.78 is 117. The van der Waals surface area contributed by atoms with Crippen molar-refractivity contribution in [2.75, 3.05) is 41.0 Å². The van der Waals surface area contributed by atoms with E-state index in [0.29, 0.717) is 96.0 Å². The fraction of sp³-hybridized carbons (Fsp3) is 0.683. The molecule has 20 atom stereocenters. The Hall–Kier alpha value is -8.22. The Morgan fingerprint density at radius 2 is 0.710 bits per heavy atom. The summed E-state index contributed by atoms with van der Waals surface area (Å²) in [5.74, 6) is -8.52. The molecule has 19 rings (SSSR count). The number of halogens is 4. The minimum absolute atomic E-state index is 0. The Bertz CT molecular complexity index is 5400. The number of alkyl halides is 4. The van der Waals surface area contributed by atoms with Crippen LogP contribution in [0.5, 0.6) is 34.9 Å². The Kier molecular flexibility index (Phi) is 33.9. The van der Waals surface area contributed by atoms with Gasteiger partial charge in [-0.1, -0.05) is 124 Å². The summed E-state index contributed by atoms with van der Waals surface area (Å²) in [6.45, 7) is 11.8.